The number of hydrogen-bond acceptors (Lipinski definition) is 5. The van der Waals surface area contributed by atoms with E-state index in [-0.39, 0.29) is 23.7 Å². The lowest BCUT2D eigenvalue weighted by Gasteiger charge is -2.03. The normalized spacial score (nSPS) is 14.6. The summed E-state index contributed by atoms with van der Waals surface area (Å²) in [6.07, 6.45) is 2.38. The maximum atomic E-state index is 11.4. The highest BCUT2D eigenvalue weighted by Crippen LogP contribution is 2.33. The van der Waals surface area contributed by atoms with Gasteiger partial charge in [-0.05, 0) is 19.8 Å². The first-order chi connectivity index (χ1) is 8.15. The highest BCUT2D eigenvalue weighted by molar-refractivity contribution is 8.00. The molecule has 0 aromatic carbocycles. The summed E-state index contributed by atoms with van der Waals surface area (Å²) in [5, 5.41) is 7.14. The summed E-state index contributed by atoms with van der Waals surface area (Å²) in [7, 11) is 0. The van der Waals surface area contributed by atoms with Gasteiger partial charge in [0.25, 0.3) is 0 Å². The second-order valence-electron chi connectivity index (χ2n) is 4.03. The quantitative estimate of drug-likeness (QED) is 0.794. The summed E-state index contributed by atoms with van der Waals surface area (Å²) >= 11 is 1.61. The third-order valence-electron chi connectivity index (χ3n) is 2.33. The molecule has 1 aromatic rings. The molecule has 0 radical (unpaired) electrons. The van der Waals surface area contributed by atoms with Crippen molar-refractivity contribution >= 4 is 17.7 Å². The van der Waals surface area contributed by atoms with Crippen LogP contribution in [0.3, 0.4) is 0 Å². The zero-order chi connectivity index (χ0) is 12.3. The number of nitrogens with zero attached hydrogens (tertiary/aromatic N) is 1. The number of carbonyl (C=O) groups excluding carboxylic acids is 1. The number of rotatable bonds is 5. The van der Waals surface area contributed by atoms with Gasteiger partial charge >= 0.3 is 5.97 Å². The topological polar surface area (TPSA) is 72.1 Å². The van der Waals surface area contributed by atoms with Crippen LogP contribution >= 0.6 is 11.8 Å². The number of thioether (sulfide) groups is 1. The van der Waals surface area contributed by atoms with Crippen molar-refractivity contribution in [3.8, 4) is 0 Å². The Morgan fingerprint density at radius 3 is 3.06 bits per heavy atom. The van der Waals surface area contributed by atoms with E-state index in [4.69, 9.17) is 4.74 Å². The van der Waals surface area contributed by atoms with Crippen molar-refractivity contribution in [1.29, 1.82) is 0 Å². The van der Waals surface area contributed by atoms with E-state index in [2.05, 4.69) is 10.2 Å². The molecule has 1 aromatic heterocycles. The van der Waals surface area contributed by atoms with E-state index in [0.29, 0.717) is 16.7 Å². The SMILES string of the molecule is Cc1cc(=O)c(COC(=O)CSC2CC2)n[nH]1. The van der Waals surface area contributed by atoms with Crippen LogP contribution in [-0.2, 0) is 16.1 Å². The average molecular weight is 254 g/mol. The number of aryl methyl sites for hydroxylation is 1. The number of hydrogen-bond donors (Lipinski definition) is 1. The monoisotopic (exact) mass is 254 g/mol. The molecular weight excluding hydrogens is 240 g/mol. The van der Waals surface area contributed by atoms with Crippen LogP contribution < -0.4 is 5.43 Å². The second kappa shape index (κ2) is 5.35. The molecule has 0 unspecified atom stereocenters. The Morgan fingerprint density at radius 1 is 1.65 bits per heavy atom. The minimum Gasteiger partial charge on any atom is -0.458 e. The molecule has 2 rings (SSSR count). The summed E-state index contributed by atoms with van der Waals surface area (Å²) in [6, 6.07) is 1.44. The molecule has 0 atom stereocenters. The molecular formula is C11H14N2O3S. The number of ether oxygens (including phenoxy) is 1. The summed E-state index contributed by atoms with van der Waals surface area (Å²) in [4.78, 5) is 22.8. The average Bonchev–Trinajstić information content (AvgIpc) is 3.09. The molecule has 5 nitrogen and oxygen atoms in total. The molecule has 1 N–H and O–H groups in total. The van der Waals surface area contributed by atoms with Gasteiger partial charge in [-0.3, -0.25) is 14.7 Å². The summed E-state index contributed by atoms with van der Waals surface area (Å²) < 4.78 is 4.98. The molecule has 1 aliphatic rings. The highest BCUT2D eigenvalue weighted by atomic mass is 32.2. The molecule has 0 spiro atoms. The van der Waals surface area contributed by atoms with E-state index in [1.807, 2.05) is 0 Å². The second-order valence-corrected chi connectivity index (χ2v) is 5.32. The first-order valence-corrected chi connectivity index (χ1v) is 6.52. The van der Waals surface area contributed by atoms with Gasteiger partial charge in [0.05, 0.1) is 5.75 Å². The first-order valence-electron chi connectivity index (χ1n) is 5.47. The van der Waals surface area contributed by atoms with E-state index in [1.165, 1.54) is 18.9 Å². The molecule has 0 bridgehead atoms. The van der Waals surface area contributed by atoms with Crippen LogP contribution in [0.5, 0.6) is 0 Å². The van der Waals surface area contributed by atoms with Gasteiger partial charge in [-0.1, -0.05) is 0 Å². The Hall–Kier alpha value is -1.30. The Balaban J connectivity index is 1.79. The van der Waals surface area contributed by atoms with Crippen molar-refractivity contribution in [1.82, 2.24) is 10.2 Å². The number of carbonyl (C=O) groups is 1. The number of nitrogens with one attached hydrogen (secondary N) is 1. The van der Waals surface area contributed by atoms with Crippen molar-refractivity contribution in [2.24, 2.45) is 0 Å². The van der Waals surface area contributed by atoms with Crippen LogP contribution in [0.4, 0.5) is 0 Å². The van der Waals surface area contributed by atoms with Gasteiger partial charge in [0.2, 0.25) is 5.43 Å². The number of aromatic amines is 1. The van der Waals surface area contributed by atoms with Crippen LogP contribution in [0, 0.1) is 6.92 Å². The van der Waals surface area contributed by atoms with E-state index < -0.39 is 0 Å². The number of H-pyrrole nitrogens is 1. The van der Waals surface area contributed by atoms with Crippen LogP contribution in [0.15, 0.2) is 10.9 Å². The summed E-state index contributed by atoms with van der Waals surface area (Å²) in [5.74, 6) is 0.0673. The molecule has 6 heteroatoms. The van der Waals surface area contributed by atoms with Gasteiger partial charge in [0, 0.05) is 17.0 Å². The summed E-state index contributed by atoms with van der Waals surface area (Å²) in [5.41, 5.74) is 0.721. The molecule has 0 amide bonds. The molecule has 0 saturated heterocycles. The zero-order valence-electron chi connectivity index (χ0n) is 9.56. The van der Waals surface area contributed by atoms with E-state index in [0.717, 1.165) is 0 Å². The predicted octanol–water partition coefficient (Wildman–Crippen LogP) is 1.02. The Kier molecular flexibility index (Phi) is 3.83. The zero-order valence-corrected chi connectivity index (χ0v) is 10.4. The van der Waals surface area contributed by atoms with E-state index >= 15 is 0 Å². The van der Waals surface area contributed by atoms with Gasteiger partial charge in [-0.25, -0.2) is 0 Å². The van der Waals surface area contributed by atoms with E-state index in [1.54, 1.807) is 18.7 Å². The minimum atomic E-state index is -0.288. The van der Waals surface area contributed by atoms with Crippen molar-refractivity contribution in [3.05, 3.63) is 27.7 Å². The smallest absolute Gasteiger partial charge is 0.316 e. The van der Waals surface area contributed by atoms with Gasteiger partial charge in [-0.15, -0.1) is 11.8 Å². The number of aromatic nitrogens is 2. The van der Waals surface area contributed by atoms with Crippen molar-refractivity contribution in [3.63, 3.8) is 0 Å². The molecule has 1 fully saturated rings. The Bertz CT molecular complexity index is 468. The Morgan fingerprint density at radius 2 is 2.41 bits per heavy atom. The fraction of sp³-hybridized carbons (Fsp3) is 0.545. The molecule has 1 saturated carbocycles. The van der Waals surface area contributed by atoms with Crippen LogP contribution in [0.25, 0.3) is 0 Å². The third-order valence-corrected chi connectivity index (χ3v) is 3.68. The van der Waals surface area contributed by atoms with Crippen LogP contribution in [0.2, 0.25) is 0 Å². The van der Waals surface area contributed by atoms with Gasteiger partial charge in [-0.2, -0.15) is 5.10 Å². The fourth-order valence-corrected chi connectivity index (χ4v) is 2.16. The third kappa shape index (κ3) is 3.89. The van der Waals surface area contributed by atoms with Crippen molar-refractivity contribution in [2.45, 2.75) is 31.6 Å². The fourth-order valence-electron chi connectivity index (χ4n) is 1.24. The molecule has 1 aliphatic carbocycles. The van der Waals surface area contributed by atoms with Crippen LogP contribution in [-0.4, -0.2) is 27.2 Å². The minimum absolute atomic E-state index is 0.0559. The molecule has 92 valence electrons. The lowest BCUT2D eigenvalue weighted by molar-refractivity contribution is -0.141. The predicted molar refractivity (Wildman–Crippen MR) is 64.9 cm³/mol. The maximum Gasteiger partial charge on any atom is 0.316 e. The number of esters is 1. The van der Waals surface area contributed by atoms with Gasteiger partial charge < -0.3 is 4.74 Å². The standard InChI is InChI=1S/C11H14N2O3S/c1-7-4-10(14)9(13-12-7)5-16-11(15)6-17-8-2-3-8/h4,8H,2-3,5-6H2,1H3,(H,12,14). The van der Waals surface area contributed by atoms with Crippen molar-refractivity contribution < 1.29 is 9.53 Å². The molecule has 1 heterocycles. The maximum absolute atomic E-state index is 11.4. The largest absolute Gasteiger partial charge is 0.458 e. The van der Waals surface area contributed by atoms with Crippen LogP contribution in [0.1, 0.15) is 24.2 Å². The summed E-state index contributed by atoms with van der Waals surface area (Å²) in [6.45, 7) is 1.69. The van der Waals surface area contributed by atoms with Gasteiger partial charge in [0.15, 0.2) is 0 Å². The van der Waals surface area contributed by atoms with Crippen molar-refractivity contribution in [2.75, 3.05) is 5.75 Å². The lowest BCUT2D eigenvalue weighted by atomic mass is 10.3. The lowest BCUT2D eigenvalue weighted by Crippen LogP contribution is -2.17. The highest BCUT2D eigenvalue weighted by Gasteiger charge is 2.23. The van der Waals surface area contributed by atoms with E-state index in [9.17, 15) is 9.59 Å². The van der Waals surface area contributed by atoms with Gasteiger partial charge in [0.1, 0.15) is 12.3 Å². The molecule has 0 aliphatic heterocycles. The Labute approximate surface area is 103 Å². The first kappa shape index (κ1) is 12.2. The molecule has 17 heavy (non-hydrogen) atoms.